The van der Waals surface area contributed by atoms with Gasteiger partial charge in [0.2, 0.25) is 0 Å². The average molecular weight is 375 g/mol. The summed E-state index contributed by atoms with van der Waals surface area (Å²) in [6.45, 7) is 8.64. The van der Waals surface area contributed by atoms with Crippen molar-refractivity contribution in [2.75, 3.05) is 18.0 Å². The van der Waals surface area contributed by atoms with Crippen molar-refractivity contribution in [3.63, 3.8) is 0 Å². The summed E-state index contributed by atoms with van der Waals surface area (Å²) in [6, 6.07) is 15.4. The molecule has 0 spiro atoms. The predicted octanol–water partition coefficient (Wildman–Crippen LogP) is 4.66. The number of ether oxygens (including phenoxy) is 1. The lowest BCUT2D eigenvalue weighted by atomic mass is 10.2. The van der Waals surface area contributed by atoms with Gasteiger partial charge in [0, 0.05) is 30.3 Å². The molecule has 0 aliphatic heterocycles. The molecular weight excluding hydrogens is 348 g/mol. The van der Waals surface area contributed by atoms with Gasteiger partial charge in [0.1, 0.15) is 5.75 Å². The van der Waals surface area contributed by atoms with Gasteiger partial charge in [-0.2, -0.15) is 0 Å². The van der Waals surface area contributed by atoms with E-state index in [1.807, 2.05) is 19.1 Å². The second kappa shape index (κ2) is 10.1. The summed E-state index contributed by atoms with van der Waals surface area (Å²) in [5.41, 5.74) is 2.26. The van der Waals surface area contributed by atoms with Gasteiger partial charge in [0.25, 0.3) is 5.91 Å². The fourth-order valence-corrected chi connectivity index (χ4v) is 2.92. The number of hydrogen-bond donors (Lipinski definition) is 1. The van der Waals surface area contributed by atoms with E-state index in [1.54, 1.807) is 24.3 Å². The van der Waals surface area contributed by atoms with Crippen molar-refractivity contribution in [3.8, 4) is 5.75 Å². The van der Waals surface area contributed by atoms with Crippen LogP contribution in [-0.4, -0.2) is 25.1 Å². The number of benzene rings is 2. The van der Waals surface area contributed by atoms with E-state index in [-0.39, 0.29) is 5.91 Å². The first-order valence-corrected chi connectivity index (χ1v) is 9.49. The number of halogens is 1. The molecule has 0 bridgehead atoms. The molecule has 0 aromatic heterocycles. The Balaban J connectivity index is 1.91. The van der Waals surface area contributed by atoms with Crippen molar-refractivity contribution in [2.24, 2.45) is 0 Å². The van der Waals surface area contributed by atoms with E-state index in [4.69, 9.17) is 16.3 Å². The minimum Gasteiger partial charge on any atom is -0.481 e. The van der Waals surface area contributed by atoms with Crippen LogP contribution >= 0.6 is 11.6 Å². The van der Waals surface area contributed by atoms with E-state index < -0.39 is 6.10 Å². The standard InChI is InChI=1S/C21H27ClN2O2/c1-4-20(26-19-9-7-8-17(22)14-19)21(25)23-15-16-10-12-18(13-11-16)24(5-2)6-3/h7-14,20H,4-6,15H2,1-3H3,(H,23,25). The average Bonchev–Trinajstić information content (AvgIpc) is 2.66. The van der Waals surface area contributed by atoms with Crippen LogP contribution in [0.15, 0.2) is 48.5 Å². The van der Waals surface area contributed by atoms with Crippen LogP contribution in [-0.2, 0) is 11.3 Å². The molecule has 0 aliphatic rings. The highest BCUT2D eigenvalue weighted by atomic mass is 35.5. The minimum absolute atomic E-state index is 0.125. The van der Waals surface area contributed by atoms with E-state index >= 15 is 0 Å². The Labute approximate surface area is 161 Å². The number of carbonyl (C=O) groups is 1. The minimum atomic E-state index is -0.539. The fourth-order valence-electron chi connectivity index (χ4n) is 2.74. The normalized spacial score (nSPS) is 11.7. The van der Waals surface area contributed by atoms with E-state index in [0.29, 0.717) is 23.7 Å². The Bertz CT molecular complexity index is 699. The van der Waals surface area contributed by atoms with Crippen LogP contribution in [0.5, 0.6) is 5.75 Å². The molecule has 0 saturated heterocycles. The first kappa shape index (κ1) is 20.1. The van der Waals surface area contributed by atoms with E-state index in [9.17, 15) is 4.79 Å². The molecule has 26 heavy (non-hydrogen) atoms. The van der Waals surface area contributed by atoms with Crippen LogP contribution in [0.2, 0.25) is 5.02 Å². The molecule has 140 valence electrons. The second-order valence-electron chi connectivity index (χ2n) is 6.03. The van der Waals surface area contributed by atoms with Gasteiger partial charge in [-0.05, 0) is 56.2 Å². The van der Waals surface area contributed by atoms with Crippen molar-refractivity contribution in [1.29, 1.82) is 0 Å². The van der Waals surface area contributed by atoms with E-state index in [1.165, 1.54) is 5.69 Å². The summed E-state index contributed by atoms with van der Waals surface area (Å²) >= 11 is 5.96. The first-order valence-electron chi connectivity index (χ1n) is 9.11. The summed E-state index contributed by atoms with van der Waals surface area (Å²) in [5, 5.41) is 3.54. The molecule has 5 heteroatoms. The van der Waals surface area contributed by atoms with Crippen LogP contribution in [0.4, 0.5) is 5.69 Å². The van der Waals surface area contributed by atoms with E-state index in [2.05, 4.69) is 36.2 Å². The van der Waals surface area contributed by atoms with E-state index in [0.717, 1.165) is 18.7 Å². The molecule has 1 atom stereocenters. The summed E-state index contributed by atoms with van der Waals surface area (Å²) in [6.07, 6.45) is 0.0441. The van der Waals surface area contributed by atoms with Crippen LogP contribution in [0.1, 0.15) is 32.8 Å². The van der Waals surface area contributed by atoms with Crippen LogP contribution in [0, 0.1) is 0 Å². The highest BCUT2D eigenvalue weighted by Crippen LogP contribution is 2.19. The Morgan fingerprint density at radius 3 is 2.38 bits per heavy atom. The number of anilines is 1. The number of carbonyl (C=O) groups excluding carboxylic acids is 1. The van der Waals surface area contributed by atoms with Crippen LogP contribution < -0.4 is 15.0 Å². The highest BCUT2D eigenvalue weighted by molar-refractivity contribution is 6.30. The summed E-state index contributed by atoms with van der Waals surface area (Å²) < 4.78 is 5.77. The number of amides is 1. The third-order valence-electron chi connectivity index (χ3n) is 4.27. The Hall–Kier alpha value is -2.20. The molecule has 0 radical (unpaired) electrons. The third-order valence-corrected chi connectivity index (χ3v) is 4.50. The van der Waals surface area contributed by atoms with Crippen molar-refractivity contribution in [2.45, 2.75) is 39.8 Å². The topological polar surface area (TPSA) is 41.6 Å². The molecule has 1 unspecified atom stereocenters. The zero-order chi connectivity index (χ0) is 18.9. The fraction of sp³-hybridized carbons (Fsp3) is 0.381. The van der Waals surface area contributed by atoms with Gasteiger partial charge in [-0.3, -0.25) is 4.79 Å². The van der Waals surface area contributed by atoms with Gasteiger partial charge in [-0.25, -0.2) is 0 Å². The Morgan fingerprint density at radius 2 is 1.81 bits per heavy atom. The number of nitrogens with zero attached hydrogens (tertiary/aromatic N) is 1. The highest BCUT2D eigenvalue weighted by Gasteiger charge is 2.18. The molecule has 0 fully saturated rings. The van der Waals surface area contributed by atoms with Crippen LogP contribution in [0.25, 0.3) is 0 Å². The maximum Gasteiger partial charge on any atom is 0.261 e. The first-order chi connectivity index (χ1) is 12.6. The molecule has 0 heterocycles. The summed E-state index contributed by atoms with van der Waals surface area (Å²) in [5.74, 6) is 0.475. The maximum atomic E-state index is 12.4. The molecule has 2 aromatic carbocycles. The largest absolute Gasteiger partial charge is 0.481 e. The molecule has 4 nitrogen and oxygen atoms in total. The molecule has 2 rings (SSSR count). The zero-order valence-corrected chi connectivity index (χ0v) is 16.4. The van der Waals surface area contributed by atoms with Gasteiger partial charge < -0.3 is 15.0 Å². The maximum absolute atomic E-state index is 12.4. The number of rotatable bonds is 9. The summed E-state index contributed by atoms with van der Waals surface area (Å²) in [4.78, 5) is 14.7. The number of hydrogen-bond acceptors (Lipinski definition) is 3. The molecule has 2 aromatic rings. The van der Waals surface area contributed by atoms with Gasteiger partial charge in [-0.1, -0.05) is 36.7 Å². The van der Waals surface area contributed by atoms with Crippen molar-refractivity contribution >= 4 is 23.2 Å². The van der Waals surface area contributed by atoms with Crippen LogP contribution in [0.3, 0.4) is 0 Å². The van der Waals surface area contributed by atoms with Crippen molar-refractivity contribution in [3.05, 3.63) is 59.1 Å². The third kappa shape index (κ3) is 5.67. The van der Waals surface area contributed by atoms with Gasteiger partial charge in [-0.15, -0.1) is 0 Å². The SMILES string of the molecule is CCC(Oc1cccc(Cl)c1)C(=O)NCc1ccc(N(CC)CC)cc1. The smallest absolute Gasteiger partial charge is 0.261 e. The van der Waals surface area contributed by atoms with Gasteiger partial charge >= 0.3 is 0 Å². The van der Waals surface area contributed by atoms with Crippen molar-refractivity contribution < 1.29 is 9.53 Å². The Morgan fingerprint density at radius 1 is 1.12 bits per heavy atom. The number of nitrogens with one attached hydrogen (secondary N) is 1. The predicted molar refractivity (Wildman–Crippen MR) is 108 cm³/mol. The lowest BCUT2D eigenvalue weighted by molar-refractivity contribution is -0.128. The molecular formula is C21H27ClN2O2. The van der Waals surface area contributed by atoms with Gasteiger partial charge in [0.15, 0.2) is 6.10 Å². The monoisotopic (exact) mass is 374 g/mol. The van der Waals surface area contributed by atoms with Gasteiger partial charge in [0.05, 0.1) is 0 Å². The second-order valence-corrected chi connectivity index (χ2v) is 6.47. The van der Waals surface area contributed by atoms with Crippen molar-refractivity contribution in [1.82, 2.24) is 5.32 Å². The summed E-state index contributed by atoms with van der Waals surface area (Å²) in [7, 11) is 0. The lowest BCUT2D eigenvalue weighted by Crippen LogP contribution is -2.37. The zero-order valence-electron chi connectivity index (χ0n) is 15.7. The Kier molecular flexibility index (Phi) is 7.79. The molecule has 1 N–H and O–H groups in total. The molecule has 0 aliphatic carbocycles. The lowest BCUT2D eigenvalue weighted by Gasteiger charge is -2.21. The molecule has 0 saturated carbocycles. The quantitative estimate of drug-likeness (QED) is 0.694. The molecule has 1 amide bonds.